The van der Waals surface area contributed by atoms with E-state index >= 15 is 0 Å². The number of pyridine rings is 1. The molecule has 28 heavy (non-hydrogen) atoms. The number of ether oxygens (including phenoxy) is 1. The minimum Gasteiger partial charge on any atom is -0.455 e. The highest BCUT2D eigenvalue weighted by atomic mass is 35.5. The monoisotopic (exact) mass is 416 g/mol. The van der Waals surface area contributed by atoms with Crippen molar-refractivity contribution < 1.29 is 27.5 Å². The number of nitrogens with one attached hydrogen (secondary N) is 1. The van der Waals surface area contributed by atoms with Crippen LogP contribution in [0.15, 0.2) is 12.3 Å². The molecule has 0 unspecified atom stereocenters. The lowest BCUT2D eigenvalue weighted by atomic mass is 9.49. The minimum absolute atomic E-state index is 0.203. The van der Waals surface area contributed by atoms with Crippen LogP contribution >= 0.6 is 11.6 Å². The number of amides is 1. The Labute approximate surface area is 165 Å². The van der Waals surface area contributed by atoms with E-state index in [1.165, 1.54) is 19.3 Å². The van der Waals surface area contributed by atoms with Crippen LogP contribution in [0.3, 0.4) is 0 Å². The van der Waals surface area contributed by atoms with Gasteiger partial charge in [0.05, 0.1) is 16.0 Å². The fraction of sp³-hybridized carbons (Fsp3) is 0.632. The van der Waals surface area contributed by atoms with E-state index in [4.69, 9.17) is 16.3 Å². The number of halogens is 4. The smallest absolute Gasteiger partial charge is 0.417 e. The van der Waals surface area contributed by atoms with Gasteiger partial charge in [0.25, 0.3) is 5.91 Å². The summed E-state index contributed by atoms with van der Waals surface area (Å²) < 4.78 is 43.2. The molecule has 0 spiro atoms. The molecule has 5 nitrogen and oxygen atoms in total. The van der Waals surface area contributed by atoms with Crippen molar-refractivity contribution in [1.29, 1.82) is 0 Å². The Morgan fingerprint density at radius 1 is 1.18 bits per heavy atom. The number of hydrogen-bond donors (Lipinski definition) is 1. The molecule has 9 heteroatoms. The minimum atomic E-state index is -4.58. The molecule has 1 heterocycles. The lowest BCUT2D eigenvalue weighted by molar-refractivity contribution is -0.172. The summed E-state index contributed by atoms with van der Waals surface area (Å²) in [6, 6.07) is 0.686. The summed E-state index contributed by atoms with van der Waals surface area (Å²) in [4.78, 5) is 28.3. The third kappa shape index (κ3) is 3.71. The maximum Gasteiger partial charge on any atom is 0.417 e. The van der Waals surface area contributed by atoms with Gasteiger partial charge in [-0.25, -0.2) is 4.98 Å². The third-order valence-electron chi connectivity index (χ3n) is 6.23. The number of anilines is 1. The van der Waals surface area contributed by atoms with Gasteiger partial charge in [0, 0.05) is 6.20 Å². The zero-order chi connectivity index (χ0) is 20.1. The average Bonchev–Trinajstić information content (AvgIpc) is 2.59. The number of rotatable bonds is 4. The van der Waals surface area contributed by atoms with Gasteiger partial charge in [-0.2, -0.15) is 13.2 Å². The van der Waals surface area contributed by atoms with Gasteiger partial charge < -0.3 is 10.1 Å². The van der Waals surface area contributed by atoms with Crippen LogP contribution < -0.4 is 5.32 Å². The first-order valence-corrected chi connectivity index (χ1v) is 9.72. The van der Waals surface area contributed by atoms with Crippen molar-refractivity contribution >= 4 is 29.3 Å². The molecule has 0 atom stereocenters. The molecule has 4 fully saturated rings. The van der Waals surface area contributed by atoms with E-state index in [0.717, 1.165) is 19.3 Å². The van der Waals surface area contributed by atoms with Gasteiger partial charge in [0.15, 0.2) is 12.4 Å². The van der Waals surface area contributed by atoms with Gasteiger partial charge in [0.2, 0.25) is 0 Å². The summed E-state index contributed by atoms with van der Waals surface area (Å²) in [5.41, 5.74) is -1.48. The summed E-state index contributed by atoms with van der Waals surface area (Å²) in [5.74, 6) is 0.485. The molecule has 4 aliphatic carbocycles. The fourth-order valence-electron chi connectivity index (χ4n) is 5.50. The Kier molecular flexibility index (Phi) is 4.80. The SMILES string of the molecule is O=C(COC(=O)C12CC3CC(CC(C3)C1)C2)Nc1ncc(C(F)(F)F)cc1Cl. The summed E-state index contributed by atoms with van der Waals surface area (Å²) in [6.07, 6.45) is 2.04. The molecule has 1 N–H and O–H groups in total. The van der Waals surface area contributed by atoms with E-state index in [-0.39, 0.29) is 16.8 Å². The summed E-state index contributed by atoms with van der Waals surface area (Å²) in [5, 5.41) is 1.95. The molecular formula is C19H20ClF3N2O3. The highest BCUT2D eigenvalue weighted by Gasteiger charge is 2.55. The number of nitrogens with zero attached hydrogens (tertiary/aromatic N) is 1. The van der Waals surface area contributed by atoms with Gasteiger partial charge in [-0.3, -0.25) is 9.59 Å². The van der Waals surface area contributed by atoms with E-state index in [0.29, 0.717) is 30.0 Å². The van der Waals surface area contributed by atoms with Gasteiger partial charge in [-0.1, -0.05) is 11.6 Å². The average molecular weight is 417 g/mol. The molecule has 4 saturated carbocycles. The van der Waals surface area contributed by atoms with Gasteiger partial charge in [-0.15, -0.1) is 0 Å². The maximum absolute atomic E-state index is 12.7. The van der Waals surface area contributed by atoms with Crippen molar-refractivity contribution in [3.05, 3.63) is 22.8 Å². The number of carbonyl (C=O) groups is 2. The van der Waals surface area contributed by atoms with Crippen molar-refractivity contribution in [3.8, 4) is 0 Å². The highest BCUT2D eigenvalue weighted by Crippen LogP contribution is 2.60. The molecule has 152 valence electrons. The first-order valence-electron chi connectivity index (χ1n) is 9.34. The molecule has 0 radical (unpaired) electrons. The van der Waals surface area contributed by atoms with Crippen LogP contribution in [0.25, 0.3) is 0 Å². The Bertz CT molecular complexity index is 777. The summed E-state index contributed by atoms with van der Waals surface area (Å²) in [7, 11) is 0. The van der Waals surface area contributed by atoms with Crippen LogP contribution in [0.2, 0.25) is 5.02 Å². The molecule has 0 aliphatic heterocycles. The highest BCUT2D eigenvalue weighted by molar-refractivity contribution is 6.33. The zero-order valence-corrected chi connectivity index (χ0v) is 15.8. The van der Waals surface area contributed by atoms with Crippen LogP contribution in [0.1, 0.15) is 44.1 Å². The van der Waals surface area contributed by atoms with Gasteiger partial charge >= 0.3 is 12.1 Å². The second kappa shape index (κ2) is 6.90. The molecule has 5 rings (SSSR count). The van der Waals surface area contributed by atoms with Crippen molar-refractivity contribution in [3.63, 3.8) is 0 Å². The van der Waals surface area contributed by atoms with Crippen molar-refractivity contribution in [2.45, 2.75) is 44.7 Å². The van der Waals surface area contributed by atoms with Crippen LogP contribution in [0, 0.1) is 23.2 Å². The van der Waals surface area contributed by atoms with Crippen molar-refractivity contribution in [2.75, 3.05) is 11.9 Å². The van der Waals surface area contributed by atoms with Crippen LogP contribution in [-0.4, -0.2) is 23.5 Å². The fourth-order valence-corrected chi connectivity index (χ4v) is 5.71. The number of esters is 1. The predicted octanol–water partition coefficient (Wildman–Crippen LogP) is 4.45. The van der Waals surface area contributed by atoms with E-state index in [1.54, 1.807) is 0 Å². The second-order valence-corrected chi connectivity index (χ2v) is 8.78. The number of alkyl halides is 3. The molecule has 0 saturated heterocycles. The third-order valence-corrected chi connectivity index (χ3v) is 6.52. The molecular weight excluding hydrogens is 397 g/mol. The van der Waals surface area contributed by atoms with E-state index in [2.05, 4.69) is 10.3 Å². The first kappa shape index (κ1) is 19.5. The van der Waals surface area contributed by atoms with E-state index in [1.807, 2.05) is 0 Å². The summed E-state index contributed by atoms with van der Waals surface area (Å²) >= 11 is 5.77. The Hall–Kier alpha value is -1.83. The van der Waals surface area contributed by atoms with Crippen LogP contribution in [0.5, 0.6) is 0 Å². The predicted molar refractivity (Wildman–Crippen MR) is 94.4 cm³/mol. The quantitative estimate of drug-likeness (QED) is 0.736. The van der Waals surface area contributed by atoms with Gasteiger partial charge in [-0.05, 0) is 62.3 Å². The van der Waals surface area contributed by atoms with Crippen LogP contribution in [0.4, 0.5) is 19.0 Å². The van der Waals surface area contributed by atoms with E-state index in [9.17, 15) is 22.8 Å². The molecule has 1 amide bonds. The lowest BCUT2D eigenvalue weighted by Crippen LogP contribution is -2.50. The molecule has 1 aromatic rings. The Morgan fingerprint density at radius 2 is 1.75 bits per heavy atom. The van der Waals surface area contributed by atoms with Crippen molar-refractivity contribution in [2.24, 2.45) is 23.2 Å². The van der Waals surface area contributed by atoms with Crippen molar-refractivity contribution in [1.82, 2.24) is 4.98 Å². The molecule has 4 bridgehead atoms. The largest absolute Gasteiger partial charge is 0.455 e. The normalized spacial score (nSPS) is 30.9. The molecule has 1 aromatic heterocycles. The topological polar surface area (TPSA) is 68.3 Å². The lowest BCUT2D eigenvalue weighted by Gasteiger charge is -2.55. The summed E-state index contributed by atoms with van der Waals surface area (Å²) in [6.45, 7) is -0.514. The number of aromatic nitrogens is 1. The van der Waals surface area contributed by atoms with Crippen LogP contribution in [-0.2, 0) is 20.5 Å². The molecule has 0 aromatic carbocycles. The first-order chi connectivity index (χ1) is 13.1. The Balaban J connectivity index is 1.34. The maximum atomic E-state index is 12.7. The number of hydrogen-bond acceptors (Lipinski definition) is 4. The Morgan fingerprint density at radius 3 is 2.25 bits per heavy atom. The van der Waals surface area contributed by atoms with Gasteiger partial charge in [0.1, 0.15) is 0 Å². The zero-order valence-electron chi connectivity index (χ0n) is 15.0. The second-order valence-electron chi connectivity index (χ2n) is 8.37. The number of carbonyl (C=O) groups excluding carboxylic acids is 2. The standard InChI is InChI=1S/C19H20ClF3N2O3/c20-14-4-13(19(21,22)23)8-24-16(14)25-15(26)9-28-17(27)18-5-10-1-11(6-18)3-12(2-10)7-18/h4,8,10-12H,1-3,5-7,9H2,(H,24,25,26). The van der Waals surface area contributed by atoms with E-state index < -0.39 is 29.7 Å². The molecule has 4 aliphatic rings.